The van der Waals surface area contributed by atoms with Crippen LogP contribution in [0.2, 0.25) is 0 Å². The standard InChI is InChI=1S/C17H31N3O2/c1-4-5-6-7-8-9-16(21)19-11-10-15-14(12-19)18-17(22)20(15)13(2)3/h13-15H,4-12H2,1-3H3,(H,18,22)/t14-,15+/m1/s1. The highest BCUT2D eigenvalue weighted by Gasteiger charge is 2.44. The van der Waals surface area contributed by atoms with E-state index in [2.05, 4.69) is 26.1 Å². The molecule has 0 radical (unpaired) electrons. The highest BCUT2D eigenvalue weighted by atomic mass is 16.2. The molecule has 0 spiro atoms. The fourth-order valence-corrected chi connectivity index (χ4v) is 3.68. The molecule has 126 valence electrons. The van der Waals surface area contributed by atoms with Gasteiger partial charge in [-0.05, 0) is 26.7 Å². The van der Waals surface area contributed by atoms with Crippen molar-refractivity contribution in [3.63, 3.8) is 0 Å². The number of likely N-dealkylation sites (tertiary alicyclic amines) is 1. The fraction of sp³-hybridized carbons (Fsp3) is 0.882. The van der Waals surface area contributed by atoms with Crippen LogP contribution < -0.4 is 5.32 Å². The number of hydrogen-bond acceptors (Lipinski definition) is 2. The van der Waals surface area contributed by atoms with Crippen molar-refractivity contribution in [2.75, 3.05) is 13.1 Å². The molecule has 2 heterocycles. The van der Waals surface area contributed by atoms with Gasteiger partial charge in [-0.2, -0.15) is 0 Å². The summed E-state index contributed by atoms with van der Waals surface area (Å²) < 4.78 is 0. The van der Waals surface area contributed by atoms with Gasteiger partial charge in [0.1, 0.15) is 0 Å². The summed E-state index contributed by atoms with van der Waals surface area (Å²) in [5.74, 6) is 0.257. The second-order valence-electron chi connectivity index (χ2n) is 6.92. The minimum atomic E-state index is 0.0267. The maximum atomic E-state index is 12.3. The molecule has 2 aliphatic rings. The Morgan fingerprint density at radius 3 is 2.68 bits per heavy atom. The van der Waals surface area contributed by atoms with Gasteiger partial charge in [-0.1, -0.05) is 32.6 Å². The Balaban J connectivity index is 1.78. The molecule has 2 atom stereocenters. The average molecular weight is 309 g/mol. The predicted octanol–water partition coefficient (Wildman–Crippen LogP) is 2.75. The second kappa shape index (κ2) is 7.84. The minimum Gasteiger partial charge on any atom is -0.340 e. The van der Waals surface area contributed by atoms with Crippen LogP contribution in [0.4, 0.5) is 4.79 Å². The normalized spacial score (nSPS) is 24.6. The Hall–Kier alpha value is -1.26. The van der Waals surface area contributed by atoms with Gasteiger partial charge in [-0.15, -0.1) is 0 Å². The number of nitrogens with zero attached hydrogens (tertiary/aromatic N) is 2. The second-order valence-corrected chi connectivity index (χ2v) is 6.92. The van der Waals surface area contributed by atoms with Gasteiger partial charge in [-0.3, -0.25) is 4.79 Å². The molecule has 2 rings (SSSR count). The van der Waals surface area contributed by atoms with Crippen molar-refractivity contribution in [3.8, 4) is 0 Å². The van der Waals surface area contributed by atoms with Crippen molar-refractivity contribution < 1.29 is 9.59 Å². The molecule has 0 bridgehead atoms. The van der Waals surface area contributed by atoms with E-state index in [-0.39, 0.29) is 30.1 Å². The smallest absolute Gasteiger partial charge is 0.318 e. The van der Waals surface area contributed by atoms with Crippen LogP contribution in [0, 0.1) is 0 Å². The molecule has 3 amide bonds. The number of fused-ring (bicyclic) bond motifs is 1. The molecule has 2 saturated heterocycles. The summed E-state index contributed by atoms with van der Waals surface area (Å²) in [6.45, 7) is 7.76. The highest BCUT2D eigenvalue weighted by Crippen LogP contribution is 2.25. The van der Waals surface area contributed by atoms with Crippen molar-refractivity contribution in [1.29, 1.82) is 0 Å². The number of piperidine rings is 1. The Morgan fingerprint density at radius 2 is 2.00 bits per heavy atom. The Bertz CT molecular complexity index is 397. The van der Waals surface area contributed by atoms with Gasteiger partial charge in [0.2, 0.25) is 5.91 Å². The van der Waals surface area contributed by atoms with E-state index in [9.17, 15) is 9.59 Å². The van der Waals surface area contributed by atoms with Gasteiger partial charge < -0.3 is 15.1 Å². The average Bonchev–Trinajstić information content (AvgIpc) is 2.81. The number of unbranched alkanes of at least 4 members (excludes halogenated alkanes) is 4. The number of urea groups is 1. The van der Waals surface area contributed by atoms with Gasteiger partial charge in [-0.25, -0.2) is 4.79 Å². The van der Waals surface area contributed by atoms with Crippen LogP contribution in [-0.2, 0) is 4.79 Å². The Morgan fingerprint density at radius 1 is 1.27 bits per heavy atom. The van der Waals surface area contributed by atoms with Gasteiger partial charge in [0, 0.05) is 25.6 Å². The van der Waals surface area contributed by atoms with E-state index in [0.717, 1.165) is 25.8 Å². The van der Waals surface area contributed by atoms with Gasteiger partial charge in [0.25, 0.3) is 0 Å². The minimum absolute atomic E-state index is 0.0267. The zero-order valence-electron chi connectivity index (χ0n) is 14.3. The maximum Gasteiger partial charge on any atom is 0.318 e. The summed E-state index contributed by atoms with van der Waals surface area (Å²) >= 11 is 0. The monoisotopic (exact) mass is 309 g/mol. The lowest BCUT2D eigenvalue weighted by atomic mass is 9.98. The fourth-order valence-electron chi connectivity index (χ4n) is 3.68. The van der Waals surface area contributed by atoms with Gasteiger partial charge >= 0.3 is 6.03 Å². The van der Waals surface area contributed by atoms with E-state index in [0.29, 0.717) is 13.0 Å². The predicted molar refractivity (Wildman–Crippen MR) is 87.7 cm³/mol. The van der Waals surface area contributed by atoms with Crippen LogP contribution in [0.1, 0.15) is 65.7 Å². The lowest BCUT2D eigenvalue weighted by molar-refractivity contribution is -0.133. The van der Waals surface area contributed by atoms with Gasteiger partial charge in [0.15, 0.2) is 0 Å². The number of hydrogen-bond donors (Lipinski definition) is 1. The van der Waals surface area contributed by atoms with Crippen LogP contribution in [0.15, 0.2) is 0 Å². The molecule has 0 saturated carbocycles. The van der Waals surface area contributed by atoms with Crippen LogP contribution in [0.3, 0.4) is 0 Å². The SMILES string of the molecule is CCCCCCCC(=O)N1CC[C@H]2[C@@H](C1)NC(=O)N2C(C)C. The third kappa shape index (κ3) is 3.93. The van der Waals surface area contributed by atoms with Crippen molar-refractivity contribution in [3.05, 3.63) is 0 Å². The molecule has 0 aromatic rings. The topological polar surface area (TPSA) is 52.7 Å². The summed E-state index contributed by atoms with van der Waals surface area (Å²) in [4.78, 5) is 28.2. The van der Waals surface area contributed by atoms with E-state index < -0.39 is 0 Å². The van der Waals surface area contributed by atoms with Crippen LogP contribution in [0.5, 0.6) is 0 Å². The van der Waals surface area contributed by atoms with Crippen molar-refractivity contribution >= 4 is 11.9 Å². The lowest BCUT2D eigenvalue weighted by Gasteiger charge is -2.38. The molecule has 2 fully saturated rings. The first-order valence-electron chi connectivity index (χ1n) is 8.91. The lowest BCUT2D eigenvalue weighted by Crippen LogP contribution is -2.53. The zero-order valence-corrected chi connectivity index (χ0v) is 14.3. The van der Waals surface area contributed by atoms with E-state index in [1.165, 1.54) is 19.3 Å². The molecule has 1 N–H and O–H groups in total. The van der Waals surface area contributed by atoms with E-state index in [1.54, 1.807) is 0 Å². The van der Waals surface area contributed by atoms with Crippen molar-refractivity contribution in [1.82, 2.24) is 15.1 Å². The highest BCUT2D eigenvalue weighted by molar-refractivity contribution is 5.79. The number of carbonyl (C=O) groups excluding carboxylic acids is 2. The summed E-state index contributed by atoms with van der Waals surface area (Å²) in [6, 6.07) is 0.600. The first-order chi connectivity index (χ1) is 10.5. The van der Waals surface area contributed by atoms with Crippen molar-refractivity contribution in [2.45, 2.75) is 83.8 Å². The molecule has 0 unspecified atom stereocenters. The molecule has 22 heavy (non-hydrogen) atoms. The molecule has 0 aromatic carbocycles. The third-order valence-electron chi connectivity index (χ3n) is 4.88. The summed E-state index contributed by atoms with van der Waals surface area (Å²) in [7, 11) is 0. The first kappa shape index (κ1) is 17.1. The Labute approximate surface area is 134 Å². The number of nitrogens with one attached hydrogen (secondary N) is 1. The quantitative estimate of drug-likeness (QED) is 0.735. The maximum absolute atomic E-state index is 12.3. The van der Waals surface area contributed by atoms with Crippen molar-refractivity contribution in [2.24, 2.45) is 0 Å². The summed E-state index contributed by atoms with van der Waals surface area (Å²) in [6.07, 6.45) is 7.42. The Kier molecular flexibility index (Phi) is 6.09. The van der Waals surface area contributed by atoms with Gasteiger partial charge in [0.05, 0.1) is 12.1 Å². The van der Waals surface area contributed by atoms with Crippen LogP contribution in [-0.4, -0.2) is 53.0 Å². The van der Waals surface area contributed by atoms with E-state index in [1.807, 2.05) is 9.80 Å². The van der Waals surface area contributed by atoms with E-state index >= 15 is 0 Å². The van der Waals surface area contributed by atoms with Crippen LogP contribution >= 0.6 is 0 Å². The van der Waals surface area contributed by atoms with Crippen LogP contribution in [0.25, 0.3) is 0 Å². The third-order valence-corrected chi connectivity index (χ3v) is 4.88. The zero-order chi connectivity index (χ0) is 16.1. The van der Waals surface area contributed by atoms with E-state index in [4.69, 9.17) is 0 Å². The molecule has 0 aromatic heterocycles. The summed E-state index contributed by atoms with van der Waals surface area (Å²) in [5.41, 5.74) is 0. The number of amides is 3. The summed E-state index contributed by atoms with van der Waals surface area (Å²) in [5, 5.41) is 3.05. The number of rotatable bonds is 7. The largest absolute Gasteiger partial charge is 0.340 e. The molecular weight excluding hydrogens is 278 g/mol. The molecule has 0 aliphatic carbocycles. The molecule has 2 aliphatic heterocycles. The molecule has 5 nitrogen and oxygen atoms in total. The molecule has 5 heteroatoms. The molecular formula is C17H31N3O2. The number of carbonyl (C=O) groups is 2. The first-order valence-corrected chi connectivity index (χ1v) is 8.91.